The van der Waals surface area contributed by atoms with Gasteiger partial charge in [-0.3, -0.25) is 0 Å². The van der Waals surface area contributed by atoms with Crippen LogP contribution in [-0.2, 0) is 0 Å². The van der Waals surface area contributed by atoms with Crippen molar-refractivity contribution in [1.82, 2.24) is 4.57 Å². The lowest BCUT2D eigenvalue weighted by molar-refractivity contribution is 1.18. The summed E-state index contributed by atoms with van der Waals surface area (Å²) in [6.07, 6.45) is 0. The van der Waals surface area contributed by atoms with Crippen molar-refractivity contribution in [1.29, 1.82) is 0 Å². The van der Waals surface area contributed by atoms with E-state index in [2.05, 4.69) is 240 Å². The van der Waals surface area contributed by atoms with Gasteiger partial charge in [0.25, 0.3) is 0 Å². The van der Waals surface area contributed by atoms with Gasteiger partial charge in [0, 0.05) is 33.5 Å². The normalized spacial score (nSPS) is 11.4. The van der Waals surface area contributed by atoms with Crippen LogP contribution >= 0.6 is 0 Å². The molecule has 0 N–H and O–H groups in total. The third-order valence-electron chi connectivity index (χ3n) is 11.5. The molecule has 0 saturated heterocycles. The smallest absolute Gasteiger partial charge is 0.0553 e. The predicted octanol–water partition coefficient (Wildman–Crippen LogP) is 15.6. The van der Waals surface area contributed by atoms with Crippen molar-refractivity contribution in [2.75, 3.05) is 4.90 Å². The van der Waals surface area contributed by atoms with Crippen molar-refractivity contribution in [3.63, 3.8) is 0 Å². The molecule has 1 heterocycles. The highest BCUT2D eigenvalue weighted by Crippen LogP contribution is 2.46. The minimum absolute atomic E-state index is 1.09. The average Bonchev–Trinajstić information content (AvgIpc) is 3.63. The fourth-order valence-corrected chi connectivity index (χ4v) is 8.84. The minimum atomic E-state index is 1.09. The Balaban J connectivity index is 1.19. The monoisotopic (exact) mass is 738 g/mol. The van der Waals surface area contributed by atoms with E-state index < -0.39 is 0 Å². The maximum absolute atomic E-state index is 2.43. The van der Waals surface area contributed by atoms with Crippen LogP contribution in [0.4, 0.5) is 17.1 Å². The molecule has 272 valence electrons. The molecule has 0 radical (unpaired) electrons. The Morgan fingerprint density at radius 3 is 1.57 bits per heavy atom. The van der Waals surface area contributed by atoms with Crippen molar-refractivity contribution in [2.24, 2.45) is 0 Å². The topological polar surface area (TPSA) is 8.17 Å². The van der Waals surface area contributed by atoms with E-state index in [1.165, 1.54) is 76.7 Å². The summed E-state index contributed by atoms with van der Waals surface area (Å²) in [5, 5.41) is 7.36. The molecular formula is C56H38N2. The van der Waals surface area contributed by atoms with Gasteiger partial charge < -0.3 is 9.47 Å². The summed E-state index contributed by atoms with van der Waals surface area (Å²) in [6.45, 7) is 0. The van der Waals surface area contributed by atoms with E-state index >= 15 is 0 Å². The van der Waals surface area contributed by atoms with Gasteiger partial charge in [-0.05, 0) is 122 Å². The fourth-order valence-electron chi connectivity index (χ4n) is 8.84. The summed E-state index contributed by atoms with van der Waals surface area (Å²) in [4.78, 5) is 2.43. The summed E-state index contributed by atoms with van der Waals surface area (Å²) >= 11 is 0. The lowest BCUT2D eigenvalue weighted by atomic mass is 9.92. The second kappa shape index (κ2) is 14.1. The molecule has 10 aromatic carbocycles. The second-order valence-corrected chi connectivity index (χ2v) is 15.0. The quantitative estimate of drug-likeness (QED) is 0.158. The highest BCUT2D eigenvalue weighted by molar-refractivity contribution is 6.23. The number of hydrogen-bond acceptors (Lipinski definition) is 1. The number of aromatic nitrogens is 1. The zero-order chi connectivity index (χ0) is 38.4. The number of para-hydroxylation sites is 2. The van der Waals surface area contributed by atoms with Crippen molar-refractivity contribution in [2.45, 2.75) is 0 Å². The number of anilines is 3. The van der Waals surface area contributed by atoms with Gasteiger partial charge in [-0.1, -0.05) is 164 Å². The number of hydrogen-bond donors (Lipinski definition) is 0. The predicted molar refractivity (Wildman–Crippen MR) is 247 cm³/mol. The van der Waals surface area contributed by atoms with E-state index in [1.807, 2.05) is 0 Å². The third-order valence-corrected chi connectivity index (χ3v) is 11.5. The molecule has 0 amide bonds. The standard InChI is InChI=1S/C56H38N2/c1-4-17-39(18-5-1)45-33-46(40-19-6-2-7-20-40)37-50(36-45)57(49-32-31-41-21-10-11-22-42(41)34-49)48-27-16-24-44(35-48)55-51-28-13-12-23-43(51)38-54-56(55)52-29-14-15-30-53(52)58(54)47-25-8-3-9-26-47/h1-38H. The van der Waals surface area contributed by atoms with Crippen LogP contribution in [0.2, 0.25) is 0 Å². The van der Waals surface area contributed by atoms with Gasteiger partial charge in [0.15, 0.2) is 0 Å². The molecule has 0 fully saturated rings. The van der Waals surface area contributed by atoms with Crippen LogP contribution in [0.5, 0.6) is 0 Å². The van der Waals surface area contributed by atoms with Gasteiger partial charge in [0.2, 0.25) is 0 Å². The SMILES string of the molecule is c1ccc(-c2cc(-c3ccccc3)cc(N(c3cccc(-c4c5ccccc5cc5c4c4ccccc4n5-c4ccccc4)c3)c3ccc4ccccc4c3)c2)cc1. The number of rotatable bonds is 7. The Labute approximate surface area is 338 Å². The molecule has 0 atom stereocenters. The Morgan fingerprint density at radius 2 is 0.845 bits per heavy atom. The zero-order valence-electron chi connectivity index (χ0n) is 31.8. The number of nitrogens with zero attached hydrogens (tertiary/aromatic N) is 2. The number of fused-ring (bicyclic) bond motifs is 5. The Morgan fingerprint density at radius 1 is 0.293 bits per heavy atom. The summed E-state index contributed by atoms with van der Waals surface area (Å²) in [7, 11) is 0. The molecule has 2 heteroatoms. The van der Waals surface area contributed by atoms with Crippen LogP contribution in [0.3, 0.4) is 0 Å². The molecule has 11 rings (SSSR count). The zero-order valence-corrected chi connectivity index (χ0v) is 31.8. The van der Waals surface area contributed by atoms with Crippen LogP contribution in [-0.4, -0.2) is 4.57 Å². The lowest BCUT2D eigenvalue weighted by Gasteiger charge is -2.28. The average molecular weight is 739 g/mol. The molecule has 0 saturated carbocycles. The Kier molecular flexibility index (Phi) is 8.19. The molecular weight excluding hydrogens is 701 g/mol. The van der Waals surface area contributed by atoms with Crippen LogP contribution in [0.25, 0.3) is 82.4 Å². The molecule has 2 nitrogen and oxygen atoms in total. The van der Waals surface area contributed by atoms with Gasteiger partial charge in [-0.15, -0.1) is 0 Å². The second-order valence-electron chi connectivity index (χ2n) is 15.0. The Hall–Kier alpha value is -7.68. The third kappa shape index (κ3) is 5.82. The molecule has 11 aromatic rings. The van der Waals surface area contributed by atoms with Crippen molar-refractivity contribution >= 4 is 60.4 Å². The van der Waals surface area contributed by atoms with E-state index in [9.17, 15) is 0 Å². The molecule has 58 heavy (non-hydrogen) atoms. The molecule has 0 unspecified atom stereocenters. The van der Waals surface area contributed by atoms with Gasteiger partial charge in [0.05, 0.1) is 11.0 Å². The first-order valence-electron chi connectivity index (χ1n) is 19.9. The molecule has 1 aromatic heterocycles. The van der Waals surface area contributed by atoms with Crippen LogP contribution < -0.4 is 4.90 Å². The highest BCUT2D eigenvalue weighted by Gasteiger charge is 2.21. The van der Waals surface area contributed by atoms with Crippen LogP contribution in [0, 0.1) is 0 Å². The van der Waals surface area contributed by atoms with E-state index in [-0.39, 0.29) is 0 Å². The van der Waals surface area contributed by atoms with Crippen molar-refractivity contribution in [3.8, 4) is 39.1 Å². The van der Waals surface area contributed by atoms with Crippen LogP contribution in [0.1, 0.15) is 0 Å². The molecule has 0 bridgehead atoms. The molecule has 0 aliphatic rings. The van der Waals surface area contributed by atoms with E-state index in [1.54, 1.807) is 0 Å². The maximum atomic E-state index is 2.43. The van der Waals surface area contributed by atoms with Gasteiger partial charge in [-0.25, -0.2) is 0 Å². The van der Waals surface area contributed by atoms with Crippen molar-refractivity contribution < 1.29 is 0 Å². The summed E-state index contributed by atoms with van der Waals surface area (Å²) in [6, 6.07) is 83.8. The molecule has 0 spiro atoms. The largest absolute Gasteiger partial charge is 0.310 e. The number of benzene rings is 10. The van der Waals surface area contributed by atoms with E-state index in [0.717, 1.165) is 22.7 Å². The van der Waals surface area contributed by atoms with Crippen molar-refractivity contribution in [3.05, 3.63) is 231 Å². The van der Waals surface area contributed by atoms with E-state index in [4.69, 9.17) is 0 Å². The first-order valence-corrected chi connectivity index (χ1v) is 19.9. The lowest BCUT2D eigenvalue weighted by Crippen LogP contribution is -2.10. The maximum Gasteiger partial charge on any atom is 0.0553 e. The van der Waals surface area contributed by atoms with Gasteiger partial charge >= 0.3 is 0 Å². The van der Waals surface area contributed by atoms with Gasteiger partial charge in [0.1, 0.15) is 0 Å². The molecule has 0 aliphatic heterocycles. The van der Waals surface area contributed by atoms with E-state index in [0.29, 0.717) is 0 Å². The Bertz CT molecular complexity index is 3210. The first kappa shape index (κ1) is 33.6. The fraction of sp³-hybridized carbons (Fsp3) is 0. The highest BCUT2D eigenvalue weighted by atomic mass is 15.1. The van der Waals surface area contributed by atoms with Gasteiger partial charge in [-0.2, -0.15) is 0 Å². The summed E-state index contributed by atoms with van der Waals surface area (Å²) in [5.41, 5.74) is 13.9. The molecule has 0 aliphatic carbocycles. The van der Waals surface area contributed by atoms with Crippen LogP contribution in [0.15, 0.2) is 231 Å². The minimum Gasteiger partial charge on any atom is -0.310 e. The first-order chi connectivity index (χ1) is 28.8. The summed E-state index contributed by atoms with van der Waals surface area (Å²) < 4.78 is 2.42. The summed E-state index contributed by atoms with van der Waals surface area (Å²) in [5.74, 6) is 0.